The molecule has 0 radical (unpaired) electrons. The van der Waals surface area contributed by atoms with Gasteiger partial charge in [-0.3, -0.25) is 0 Å². The van der Waals surface area contributed by atoms with Gasteiger partial charge in [-0.15, -0.1) is 0 Å². The van der Waals surface area contributed by atoms with Gasteiger partial charge in [-0.1, -0.05) is 11.6 Å². The van der Waals surface area contributed by atoms with Crippen molar-refractivity contribution in [2.75, 3.05) is 5.73 Å². The maximum atomic E-state index is 13.4. The highest BCUT2D eigenvalue weighted by molar-refractivity contribution is 6.30. The second-order valence-corrected chi connectivity index (χ2v) is 4.05. The van der Waals surface area contributed by atoms with Crippen molar-refractivity contribution in [2.24, 2.45) is 0 Å². The molecule has 3 N–H and O–H groups in total. The van der Waals surface area contributed by atoms with Crippen LogP contribution in [0.2, 0.25) is 5.02 Å². The number of nitrogens with two attached hydrogens (primary N) is 1. The molecule has 0 spiro atoms. The molecule has 1 aliphatic rings. The van der Waals surface area contributed by atoms with E-state index < -0.39 is 0 Å². The third-order valence-electron chi connectivity index (χ3n) is 2.34. The van der Waals surface area contributed by atoms with Crippen LogP contribution in [0.15, 0.2) is 12.1 Å². The Morgan fingerprint density at radius 3 is 2.79 bits per heavy atom. The summed E-state index contributed by atoms with van der Waals surface area (Å²) < 4.78 is 13.4. The highest BCUT2D eigenvalue weighted by atomic mass is 35.5. The first kappa shape index (κ1) is 9.74. The van der Waals surface area contributed by atoms with Gasteiger partial charge in [0.05, 0.1) is 0 Å². The summed E-state index contributed by atoms with van der Waals surface area (Å²) in [7, 11) is 0. The summed E-state index contributed by atoms with van der Waals surface area (Å²) in [5.74, 6) is -0.330. The molecule has 0 aromatic heterocycles. The lowest BCUT2D eigenvalue weighted by Gasteiger charge is -2.08. The number of nitrogens with one attached hydrogen (secondary N) is 1. The highest BCUT2D eigenvalue weighted by Crippen LogP contribution is 2.24. The van der Waals surface area contributed by atoms with Gasteiger partial charge in [0.25, 0.3) is 0 Å². The fourth-order valence-electron chi connectivity index (χ4n) is 1.34. The Bertz CT molecular complexity index is 327. The van der Waals surface area contributed by atoms with Crippen LogP contribution in [-0.2, 0) is 6.54 Å². The molecule has 0 bridgehead atoms. The molecular weight excluding hydrogens is 203 g/mol. The van der Waals surface area contributed by atoms with Gasteiger partial charge >= 0.3 is 0 Å². The van der Waals surface area contributed by atoms with Gasteiger partial charge in [-0.25, -0.2) is 4.39 Å². The summed E-state index contributed by atoms with van der Waals surface area (Å²) in [5, 5.41) is 3.55. The van der Waals surface area contributed by atoms with Gasteiger partial charge in [-0.05, 0) is 25.0 Å². The fraction of sp³-hybridized carbons (Fsp3) is 0.400. The molecule has 0 atom stereocenters. The lowest BCUT2D eigenvalue weighted by molar-refractivity contribution is 0.588. The summed E-state index contributed by atoms with van der Waals surface area (Å²) >= 11 is 5.66. The Labute approximate surface area is 87.2 Å². The number of hydrogen-bond donors (Lipinski definition) is 2. The van der Waals surface area contributed by atoms with Crippen LogP contribution in [0.1, 0.15) is 18.4 Å². The molecule has 1 saturated carbocycles. The smallest absolute Gasteiger partial charge is 0.131 e. The van der Waals surface area contributed by atoms with Crippen molar-refractivity contribution >= 4 is 17.3 Å². The van der Waals surface area contributed by atoms with Crippen LogP contribution in [0, 0.1) is 5.82 Å². The summed E-state index contributed by atoms with van der Waals surface area (Å²) in [6, 6.07) is 3.42. The molecular formula is C10H12ClFN2. The molecule has 0 aliphatic heterocycles. The number of hydrogen-bond acceptors (Lipinski definition) is 2. The van der Waals surface area contributed by atoms with Crippen molar-refractivity contribution in [3.8, 4) is 0 Å². The van der Waals surface area contributed by atoms with E-state index in [1.165, 1.54) is 18.9 Å². The number of benzene rings is 1. The minimum atomic E-state index is -0.330. The summed E-state index contributed by atoms with van der Waals surface area (Å²) in [5.41, 5.74) is 6.60. The zero-order valence-corrected chi connectivity index (χ0v) is 8.44. The van der Waals surface area contributed by atoms with E-state index in [1.807, 2.05) is 0 Å². The van der Waals surface area contributed by atoms with E-state index in [-0.39, 0.29) is 5.82 Å². The van der Waals surface area contributed by atoms with Crippen LogP contribution in [0.25, 0.3) is 0 Å². The molecule has 2 nitrogen and oxygen atoms in total. The number of nitrogen functional groups attached to an aromatic ring is 1. The van der Waals surface area contributed by atoms with Crippen molar-refractivity contribution in [3.05, 3.63) is 28.5 Å². The van der Waals surface area contributed by atoms with Crippen molar-refractivity contribution in [3.63, 3.8) is 0 Å². The molecule has 1 aromatic rings. The highest BCUT2D eigenvalue weighted by Gasteiger charge is 2.21. The van der Waals surface area contributed by atoms with Gasteiger partial charge in [-0.2, -0.15) is 0 Å². The minimum absolute atomic E-state index is 0.330. The standard InChI is InChI=1S/C10H12ClFN2/c11-6-3-9(12)8(10(13)4-6)5-14-7-1-2-7/h3-4,7,14H,1-2,5,13H2. The first-order chi connectivity index (χ1) is 6.66. The third kappa shape index (κ3) is 2.16. The van der Waals surface area contributed by atoms with E-state index in [0.29, 0.717) is 28.9 Å². The Kier molecular flexibility index (Phi) is 2.61. The minimum Gasteiger partial charge on any atom is -0.398 e. The Hall–Kier alpha value is -0.800. The zero-order chi connectivity index (χ0) is 10.1. The molecule has 1 aromatic carbocycles. The molecule has 0 unspecified atom stereocenters. The SMILES string of the molecule is Nc1cc(Cl)cc(F)c1CNC1CC1. The molecule has 76 valence electrons. The van der Waals surface area contributed by atoms with Crippen LogP contribution in [0.3, 0.4) is 0 Å². The molecule has 1 aliphatic carbocycles. The van der Waals surface area contributed by atoms with Crippen LogP contribution in [0.4, 0.5) is 10.1 Å². The van der Waals surface area contributed by atoms with E-state index in [2.05, 4.69) is 5.32 Å². The normalized spacial score (nSPS) is 15.9. The zero-order valence-electron chi connectivity index (χ0n) is 7.69. The maximum Gasteiger partial charge on any atom is 0.131 e. The molecule has 4 heteroatoms. The van der Waals surface area contributed by atoms with Gasteiger partial charge in [0.15, 0.2) is 0 Å². The van der Waals surface area contributed by atoms with Gasteiger partial charge < -0.3 is 11.1 Å². The van der Waals surface area contributed by atoms with Crippen molar-refractivity contribution in [2.45, 2.75) is 25.4 Å². The average molecular weight is 215 g/mol. The Morgan fingerprint density at radius 1 is 1.50 bits per heavy atom. The Morgan fingerprint density at radius 2 is 2.21 bits per heavy atom. The van der Waals surface area contributed by atoms with Gasteiger partial charge in [0.1, 0.15) is 5.82 Å². The number of anilines is 1. The second-order valence-electron chi connectivity index (χ2n) is 3.61. The number of rotatable bonds is 3. The van der Waals surface area contributed by atoms with Crippen LogP contribution in [-0.4, -0.2) is 6.04 Å². The molecule has 14 heavy (non-hydrogen) atoms. The molecule has 0 amide bonds. The van der Waals surface area contributed by atoms with Crippen molar-refractivity contribution in [1.82, 2.24) is 5.32 Å². The summed E-state index contributed by atoms with van der Waals surface area (Å²) in [6.45, 7) is 0.486. The molecule has 0 heterocycles. The summed E-state index contributed by atoms with van der Waals surface area (Å²) in [6.07, 6.45) is 2.35. The van der Waals surface area contributed by atoms with E-state index in [9.17, 15) is 4.39 Å². The van der Waals surface area contributed by atoms with E-state index in [0.717, 1.165) is 0 Å². The van der Waals surface area contributed by atoms with Gasteiger partial charge in [0, 0.05) is 28.9 Å². The van der Waals surface area contributed by atoms with Crippen molar-refractivity contribution < 1.29 is 4.39 Å². The third-order valence-corrected chi connectivity index (χ3v) is 2.56. The first-order valence-electron chi connectivity index (χ1n) is 4.63. The lowest BCUT2D eigenvalue weighted by Crippen LogP contribution is -2.17. The Balaban J connectivity index is 2.13. The predicted octanol–water partition coefficient (Wildman–Crippen LogP) is 2.31. The van der Waals surface area contributed by atoms with Gasteiger partial charge in [0.2, 0.25) is 0 Å². The first-order valence-corrected chi connectivity index (χ1v) is 5.01. The quantitative estimate of drug-likeness (QED) is 0.758. The van der Waals surface area contributed by atoms with E-state index in [1.54, 1.807) is 6.07 Å². The van der Waals surface area contributed by atoms with Crippen LogP contribution < -0.4 is 11.1 Å². The molecule has 1 fully saturated rings. The van der Waals surface area contributed by atoms with Crippen molar-refractivity contribution in [1.29, 1.82) is 0 Å². The van der Waals surface area contributed by atoms with E-state index in [4.69, 9.17) is 17.3 Å². The summed E-state index contributed by atoms with van der Waals surface area (Å²) in [4.78, 5) is 0. The second kappa shape index (κ2) is 3.75. The van der Waals surface area contributed by atoms with Crippen LogP contribution in [0.5, 0.6) is 0 Å². The number of halogens is 2. The fourth-order valence-corrected chi connectivity index (χ4v) is 1.56. The topological polar surface area (TPSA) is 38.0 Å². The molecule has 0 saturated heterocycles. The maximum absolute atomic E-state index is 13.4. The molecule has 2 rings (SSSR count). The lowest BCUT2D eigenvalue weighted by atomic mass is 10.1. The van der Waals surface area contributed by atoms with Crippen LogP contribution >= 0.6 is 11.6 Å². The monoisotopic (exact) mass is 214 g/mol. The largest absolute Gasteiger partial charge is 0.398 e. The predicted molar refractivity (Wildman–Crippen MR) is 55.7 cm³/mol. The van der Waals surface area contributed by atoms with E-state index >= 15 is 0 Å². The average Bonchev–Trinajstić information content (AvgIpc) is 2.85.